The first kappa shape index (κ1) is 14.2. The van der Waals surface area contributed by atoms with Crippen LogP contribution in [0.25, 0.3) is 0 Å². The minimum atomic E-state index is -0.403. The number of rotatable bonds is 4. The van der Waals surface area contributed by atoms with Gasteiger partial charge in [0.1, 0.15) is 0 Å². The fourth-order valence-electron chi connectivity index (χ4n) is 1.67. The van der Waals surface area contributed by atoms with Crippen molar-refractivity contribution in [2.45, 2.75) is 13.3 Å². The predicted molar refractivity (Wildman–Crippen MR) is 73.3 cm³/mol. The second-order valence-corrected chi connectivity index (χ2v) is 5.42. The summed E-state index contributed by atoms with van der Waals surface area (Å²) in [5, 5.41) is 3.34. The van der Waals surface area contributed by atoms with Crippen LogP contribution in [0.5, 0.6) is 0 Å². The van der Waals surface area contributed by atoms with E-state index in [-0.39, 0.29) is 18.5 Å². The molecular weight excluding hydrogens is 289 g/mol. The number of amides is 1. The minimum Gasteiger partial charge on any atom is -0.455 e. The van der Waals surface area contributed by atoms with Gasteiger partial charge in [-0.3, -0.25) is 9.59 Å². The molecule has 1 saturated carbocycles. The summed E-state index contributed by atoms with van der Waals surface area (Å²) in [7, 11) is 0. The molecule has 0 saturated heterocycles. The van der Waals surface area contributed by atoms with Gasteiger partial charge in [-0.25, -0.2) is 0 Å². The molecule has 1 aromatic carbocycles. The van der Waals surface area contributed by atoms with E-state index in [4.69, 9.17) is 27.9 Å². The minimum absolute atomic E-state index is 0.0437. The summed E-state index contributed by atoms with van der Waals surface area (Å²) in [6.07, 6.45) is 0.841. The molecule has 0 aliphatic heterocycles. The molecule has 0 bridgehead atoms. The highest BCUT2D eigenvalue weighted by Gasteiger charge is 2.40. The molecule has 1 N–H and O–H groups in total. The highest BCUT2D eigenvalue weighted by Crippen LogP contribution is 2.38. The van der Waals surface area contributed by atoms with Gasteiger partial charge in [-0.15, -0.1) is 0 Å². The molecule has 0 heterocycles. The van der Waals surface area contributed by atoms with Gasteiger partial charge in [0.2, 0.25) is 0 Å². The van der Waals surface area contributed by atoms with Crippen LogP contribution in [0.1, 0.15) is 13.3 Å². The van der Waals surface area contributed by atoms with Gasteiger partial charge in [0.05, 0.1) is 16.0 Å². The molecule has 1 aromatic rings. The van der Waals surface area contributed by atoms with E-state index < -0.39 is 5.91 Å². The zero-order valence-corrected chi connectivity index (χ0v) is 11.8. The smallest absolute Gasteiger partial charge is 0.309 e. The number of benzene rings is 1. The topological polar surface area (TPSA) is 55.4 Å². The number of carbonyl (C=O) groups is 2. The first-order valence-corrected chi connectivity index (χ1v) is 6.64. The van der Waals surface area contributed by atoms with E-state index in [0.29, 0.717) is 21.7 Å². The molecule has 1 amide bonds. The third kappa shape index (κ3) is 3.85. The van der Waals surface area contributed by atoms with Gasteiger partial charge < -0.3 is 10.1 Å². The molecule has 2 atom stereocenters. The Kier molecular flexibility index (Phi) is 4.32. The van der Waals surface area contributed by atoms with Crippen LogP contribution in [-0.2, 0) is 14.3 Å². The van der Waals surface area contributed by atoms with Gasteiger partial charge in [-0.2, -0.15) is 0 Å². The fraction of sp³-hybridized carbons (Fsp3) is 0.385. The Balaban J connectivity index is 1.80. The highest BCUT2D eigenvalue weighted by atomic mass is 35.5. The van der Waals surface area contributed by atoms with Crippen LogP contribution in [0, 0.1) is 11.8 Å². The van der Waals surface area contributed by atoms with Crippen molar-refractivity contribution in [1.82, 2.24) is 0 Å². The number of nitrogens with one attached hydrogen (secondary N) is 1. The Morgan fingerprint density at radius 2 is 2.05 bits per heavy atom. The average molecular weight is 302 g/mol. The summed E-state index contributed by atoms with van der Waals surface area (Å²) in [4.78, 5) is 23.0. The second kappa shape index (κ2) is 5.80. The van der Waals surface area contributed by atoms with E-state index in [0.717, 1.165) is 6.42 Å². The molecular formula is C13H13Cl2NO3. The van der Waals surface area contributed by atoms with Crippen molar-refractivity contribution in [1.29, 1.82) is 0 Å². The van der Waals surface area contributed by atoms with Gasteiger partial charge in [0.25, 0.3) is 5.91 Å². The first-order chi connectivity index (χ1) is 8.97. The maximum absolute atomic E-state index is 11.6. The lowest BCUT2D eigenvalue weighted by Crippen LogP contribution is -2.21. The fourth-order valence-corrected chi connectivity index (χ4v) is 1.96. The largest absolute Gasteiger partial charge is 0.455 e. The molecule has 0 aromatic heterocycles. The molecule has 6 heteroatoms. The molecule has 102 valence electrons. The van der Waals surface area contributed by atoms with Crippen molar-refractivity contribution >= 4 is 40.8 Å². The maximum Gasteiger partial charge on any atom is 0.309 e. The van der Waals surface area contributed by atoms with Gasteiger partial charge in [0, 0.05) is 5.69 Å². The van der Waals surface area contributed by atoms with E-state index in [2.05, 4.69) is 5.32 Å². The Hall–Kier alpha value is -1.26. The van der Waals surface area contributed by atoms with Crippen LogP contribution in [0.4, 0.5) is 5.69 Å². The molecule has 1 fully saturated rings. The summed E-state index contributed by atoms with van der Waals surface area (Å²) < 4.78 is 4.91. The standard InChI is InChI=1S/C13H13Cl2NO3/c1-7-4-9(7)13(18)19-6-12(17)16-8-2-3-10(14)11(15)5-8/h2-3,5,7,9H,4,6H2,1H3,(H,16,17)/t7-,9+/m1/s1. The molecule has 0 unspecified atom stereocenters. The van der Waals surface area contributed by atoms with Crippen molar-refractivity contribution in [3.63, 3.8) is 0 Å². The SMILES string of the molecule is C[C@@H]1C[C@@H]1C(=O)OCC(=O)Nc1ccc(Cl)c(Cl)c1. The van der Waals surface area contributed by atoms with E-state index >= 15 is 0 Å². The number of halogens is 2. The molecule has 0 radical (unpaired) electrons. The van der Waals surface area contributed by atoms with Crippen LogP contribution >= 0.6 is 23.2 Å². The number of carbonyl (C=O) groups excluding carboxylic acids is 2. The maximum atomic E-state index is 11.6. The molecule has 2 rings (SSSR count). The summed E-state index contributed by atoms with van der Waals surface area (Å²) in [6, 6.07) is 4.74. The number of anilines is 1. The van der Waals surface area contributed by atoms with E-state index in [1.807, 2.05) is 6.92 Å². The zero-order valence-electron chi connectivity index (χ0n) is 10.3. The Labute approximate surface area is 121 Å². The number of ether oxygens (including phenoxy) is 1. The summed E-state index contributed by atoms with van der Waals surface area (Å²) >= 11 is 11.6. The van der Waals surface area contributed by atoms with Crippen molar-refractivity contribution in [3.05, 3.63) is 28.2 Å². The van der Waals surface area contributed by atoms with Crippen molar-refractivity contribution in [2.75, 3.05) is 11.9 Å². The lowest BCUT2D eigenvalue weighted by atomic mass is 10.3. The quantitative estimate of drug-likeness (QED) is 0.869. The van der Waals surface area contributed by atoms with Crippen LogP contribution in [-0.4, -0.2) is 18.5 Å². The van der Waals surface area contributed by atoms with Gasteiger partial charge in [-0.1, -0.05) is 30.1 Å². The first-order valence-electron chi connectivity index (χ1n) is 5.89. The third-order valence-corrected chi connectivity index (χ3v) is 3.70. The van der Waals surface area contributed by atoms with E-state index in [1.54, 1.807) is 12.1 Å². The molecule has 1 aliphatic carbocycles. The van der Waals surface area contributed by atoms with Crippen LogP contribution in [0.3, 0.4) is 0 Å². The second-order valence-electron chi connectivity index (χ2n) is 4.60. The van der Waals surface area contributed by atoms with Gasteiger partial charge in [-0.05, 0) is 30.5 Å². The average Bonchev–Trinajstić information content (AvgIpc) is 3.08. The highest BCUT2D eigenvalue weighted by molar-refractivity contribution is 6.42. The third-order valence-electron chi connectivity index (χ3n) is 2.96. The molecule has 19 heavy (non-hydrogen) atoms. The molecule has 4 nitrogen and oxygen atoms in total. The zero-order chi connectivity index (χ0) is 14.0. The molecule has 1 aliphatic rings. The Morgan fingerprint density at radius 1 is 1.37 bits per heavy atom. The van der Waals surface area contributed by atoms with Crippen molar-refractivity contribution in [3.8, 4) is 0 Å². The van der Waals surface area contributed by atoms with Gasteiger partial charge >= 0.3 is 5.97 Å². The Morgan fingerprint density at radius 3 is 2.63 bits per heavy atom. The summed E-state index contributed by atoms with van der Waals surface area (Å²) in [5.74, 6) is -0.389. The number of hydrogen-bond acceptors (Lipinski definition) is 3. The predicted octanol–water partition coefficient (Wildman–Crippen LogP) is 3.13. The summed E-state index contributed by atoms with van der Waals surface area (Å²) in [6.45, 7) is 1.68. The number of esters is 1. The van der Waals surface area contributed by atoms with Crippen LogP contribution < -0.4 is 5.32 Å². The lowest BCUT2D eigenvalue weighted by molar-refractivity contribution is -0.148. The van der Waals surface area contributed by atoms with Gasteiger partial charge in [0.15, 0.2) is 6.61 Å². The van der Waals surface area contributed by atoms with Crippen LogP contribution in [0.15, 0.2) is 18.2 Å². The summed E-state index contributed by atoms with van der Waals surface area (Å²) in [5.41, 5.74) is 0.509. The van der Waals surface area contributed by atoms with Crippen LogP contribution in [0.2, 0.25) is 10.0 Å². The van der Waals surface area contributed by atoms with Crippen molar-refractivity contribution in [2.24, 2.45) is 11.8 Å². The molecule has 0 spiro atoms. The Bertz CT molecular complexity index is 519. The van der Waals surface area contributed by atoms with E-state index in [9.17, 15) is 9.59 Å². The number of hydrogen-bond donors (Lipinski definition) is 1. The van der Waals surface area contributed by atoms with E-state index in [1.165, 1.54) is 6.07 Å². The normalized spacial score (nSPS) is 20.8. The van der Waals surface area contributed by atoms with Crippen molar-refractivity contribution < 1.29 is 14.3 Å². The monoisotopic (exact) mass is 301 g/mol. The lowest BCUT2D eigenvalue weighted by Gasteiger charge is -2.07.